The van der Waals surface area contributed by atoms with E-state index in [9.17, 15) is 14.7 Å². The highest BCUT2D eigenvalue weighted by Gasteiger charge is 2.40. The first-order valence-electron chi connectivity index (χ1n) is 6.21. The van der Waals surface area contributed by atoms with Crippen LogP contribution in [-0.4, -0.2) is 46.7 Å². The standard InChI is InChI=1S/C12H16N4O4/c13-9-8(14-3-4-15-9)10(17)16-7-12(11(18)19)1-5-20-6-2-12/h3-4H,1-2,5-7H2,(H2,13,15)(H,16,17)(H,18,19). The summed E-state index contributed by atoms with van der Waals surface area (Å²) in [6.45, 7) is 0.755. The molecule has 1 aromatic heterocycles. The van der Waals surface area contributed by atoms with Gasteiger partial charge in [0, 0.05) is 32.2 Å². The number of amides is 1. The molecule has 8 nitrogen and oxygen atoms in total. The van der Waals surface area contributed by atoms with Crippen molar-refractivity contribution in [2.75, 3.05) is 25.5 Å². The Labute approximate surface area is 115 Å². The maximum absolute atomic E-state index is 12.0. The number of nitrogens with one attached hydrogen (secondary N) is 1. The summed E-state index contributed by atoms with van der Waals surface area (Å²) in [5, 5.41) is 11.9. The molecule has 1 aliphatic heterocycles. The van der Waals surface area contributed by atoms with Crippen LogP contribution in [0, 0.1) is 5.41 Å². The predicted octanol–water partition coefficient (Wildman–Crippen LogP) is -0.330. The molecule has 0 aromatic carbocycles. The number of nitrogens with two attached hydrogens (primary N) is 1. The predicted molar refractivity (Wildman–Crippen MR) is 68.9 cm³/mol. The lowest BCUT2D eigenvalue weighted by molar-refractivity contribution is -0.154. The molecule has 1 saturated heterocycles. The van der Waals surface area contributed by atoms with E-state index >= 15 is 0 Å². The molecule has 0 spiro atoms. The lowest BCUT2D eigenvalue weighted by Gasteiger charge is -2.33. The van der Waals surface area contributed by atoms with Crippen molar-refractivity contribution in [2.45, 2.75) is 12.8 Å². The summed E-state index contributed by atoms with van der Waals surface area (Å²) < 4.78 is 5.17. The number of carbonyl (C=O) groups is 2. The fourth-order valence-corrected chi connectivity index (χ4v) is 2.09. The van der Waals surface area contributed by atoms with Gasteiger partial charge < -0.3 is 20.9 Å². The van der Waals surface area contributed by atoms with Gasteiger partial charge in [0.05, 0.1) is 5.41 Å². The van der Waals surface area contributed by atoms with Crippen molar-refractivity contribution in [1.29, 1.82) is 0 Å². The minimum absolute atomic E-state index is 0.0000909. The Morgan fingerprint density at radius 2 is 2.00 bits per heavy atom. The Morgan fingerprint density at radius 3 is 2.60 bits per heavy atom. The van der Waals surface area contributed by atoms with Gasteiger partial charge in [-0.2, -0.15) is 0 Å². The second-order valence-electron chi connectivity index (χ2n) is 4.67. The molecule has 8 heteroatoms. The Kier molecular flexibility index (Phi) is 4.14. The zero-order valence-electron chi connectivity index (χ0n) is 10.8. The lowest BCUT2D eigenvalue weighted by Crippen LogP contribution is -2.46. The third-order valence-corrected chi connectivity index (χ3v) is 3.43. The Balaban J connectivity index is 2.05. The van der Waals surface area contributed by atoms with Gasteiger partial charge in [0.15, 0.2) is 11.5 Å². The number of rotatable bonds is 4. The number of aromatic nitrogens is 2. The number of hydrogen-bond acceptors (Lipinski definition) is 6. The van der Waals surface area contributed by atoms with Crippen LogP contribution in [0.25, 0.3) is 0 Å². The van der Waals surface area contributed by atoms with Gasteiger partial charge in [0.2, 0.25) is 0 Å². The SMILES string of the molecule is Nc1nccnc1C(=O)NCC1(C(=O)O)CCOCC1. The van der Waals surface area contributed by atoms with Crippen molar-refractivity contribution in [2.24, 2.45) is 5.41 Å². The van der Waals surface area contributed by atoms with E-state index in [1.165, 1.54) is 12.4 Å². The molecule has 108 valence electrons. The average molecular weight is 280 g/mol. The van der Waals surface area contributed by atoms with Gasteiger partial charge in [-0.3, -0.25) is 9.59 Å². The van der Waals surface area contributed by atoms with Crippen LogP contribution in [0.15, 0.2) is 12.4 Å². The molecule has 2 heterocycles. The second kappa shape index (κ2) is 5.83. The van der Waals surface area contributed by atoms with Crippen LogP contribution in [0.1, 0.15) is 23.3 Å². The third kappa shape index (κ3) is 2.85. The molecule has 0 unspecified atom stereocenters. The topological polar surface area (TPSA) is 127 Å². The molecule has 1 aliphatic rings. The quantitative estimate of drug-likeness (QED) is 0.689. The van der Waals surface area contributed by atoms with Gasteiger partial charge in [-0.1, -0.05) is 0 Å². The average Bonchev–Trinajstić information content (AvgIpc) is 2.46. The molecule has 1 fully saturated rings. The number of nitrogen functional groups attached to an aromatic ring is 1. The van der Waals surface area contributed by atoms with Gasteiger partial charge in [-0.15, -0.1) is 0 Å². The van der Waals surface area contributed by atoms with E-state index in [0.29, 0.717) is 26.1 Å². The lowest BCUT2D eigenvalue weighted by atomic mass is 9.80. The number of ether oxygens (including phenoxy) is 1. The first kappa shape index (κ1) is 14.2. The van der Waals surface area contributed by atoms with Crippen molar-refractivity contribution < 1.29 is 19.4 Å². The molecule has 20 heavy (non-hydrogen) atoms. The fraction of sp³-hybridized carbons (Fsp3) is 0.500. The molecule has 0 bridgehead atoms. The first-order valence-corrected chi connectivity index (χ1v) is 6.21. The number of carbonyl (C=O) groups excluding carboxylic acids is 1. The molecule has 0 aliphatic carbocycles. The Morgan fingerprint density at radius 1 is 1.35 bits per heavy atom. The number of aliphatic carboxylic acids is 1. The highest BCUT2D eigenvalue weighted by molar-refractivity contribution is 5.96. The zero-order chi connectivity index (χ0) is 14.6. The van der Waals surface area contributed by atoms with Gasteiger partial charge in [0.25, 0.3) is 5.91 Å². The van der Waals surface area contributed by atoms with E-state index in [1.807, 2.05) is 0 Å². The molecule has 0 atom stereocenters. The maximum Gasteiger partial charge on any atom is 0.311 e. The second-order valence-corrected chi connectivity index (χ2v) is 4.67. The number of nitrogens with zero attached hydrogens (tertiary/aromatic N) is 2. The van der Waals surface area contributed by atoms with Crippen LogP contribution in [0.4, 0.5) is 5.82 Å². The van der Waals surface area contributed by atoms with Crippen molar-refractivity contribution in [1.82, 2.24) is 15.3 Å². The monoisotopic (exact) mass is 280 g/mol. The molecular formula is C12H16N4O4. The Hall–Kier alpha value is -2.22. The smallest absolute Gasteiger partial charge is 0.311 e. The number of carboxylic acids is 1. The summed E-state index contributed by atoms with van der Waals surface area (Å²) in [4.78, 5) is 31.0. The summed E-state index contributed by atoms with van der Waals surface area (Å²) in [6, 6.07) is 0. The summed E-state index contributed by atoms with van der Waals surface area (Å²) in [5.74, 6) is -1.45. The Bertz CT molecular complexity index is 514. The van der Waals surface area contributed by atoms with Crippen molar-refractivity contribution in [3.63, 3.8) is 0 Å². The summed E-state index contributed by atoms with van der Waals surface area (Å²) >= 11 is 0. The molecule has 2 rings (SSSR count). The van der Waals surface area contributed by atoms with Gasteiger partial charge in [-0.05, 0) is 12.8 Å². The van der Waals surface area contributed by atoms with Crippen LogP contribution >= 0.6 is 0 Å². The van der Waals surface area contributed by atoms with Crippen LogP contribution < -0.4 is 11.1 Å². The molecule has 1 aromatic rings. The van der Waals surface area contributed by atoms with E-state index in [2.05, 4.69) is 15.3 Å². The van der Waals surface area contributed by atoms with Gasteiger partial charge in [0.1, 0.15) is 0 Å². The van der Waals surface area contributed by atoms with Crippen LogP contribution in [0.2, 0.25) is 0 Å². The normalized spacial score (nSPS) is 17.4. The summed E-state index contributed by atoms with van der Waals surface area (Å²) in [5.41, 5.74) is 4.56. The van der Waals surface area contributed by atoms with Crippen molar-refractivity contribution in [3.05, 3.63) is 18.1 Å². The van der Waals surface area contributed by atoms with Gasteiger partial charge >= 0.3 is 5.97 Å². The van der Waals surface area contributed by atoms with Crippen LogP contribution in [0.3, 0.4) is 0 Å². The minimum atomic E-state index is -0.995. The largest absolute Gasteiger partial charge is 0.481 e. The highest BCUT2D eigenvalue weighted by Crippen LogP contribution is 2.30. The third-order valence-electron chi connectivity index (χ3n) is 3.43. The molecule has 4 N–H and O–H groups in total. The van der Waals surface area contributed by atoms with Crippen LogP contribution in [0.5, 0.6) is 0 Å². The number of anilines is 1. The van der Waals surface area contributed by atoms with E-state index in [-0.39, 0.29) is 18.1 Å². The van der Waals surface area contributed by atoms with Crippen LogP contribution in [-0.2, 0) is 9.53 Å². The van der Waals surface area contributed by atoms with E-state index < -0.39 is 17.3 Å². The van der Waals surface area contributed by atoms with Gasteiger partial charge in [-0.25, -0.2) is 9.97 Å². The molecule has 1 amide bonds. The molecule has 0 radical (unpaired) electrons. The number of hydrogen-bond donors (Lipinski definition) is 3. The molecule has 0 saturated carbocycles. The van der Waals surface area contributed by atoms with Crippen molar-refractivity contribution >= 4 is 17.7 Å². The maximum atomic E-state index is 12.0. The number of carboxylic acid groups (broad SMARTS) is 1. The minimum Gasteiger partial charge on any atom is -0.481 e. The highest BCUT2D eigenvalue weighted by atomic mass is 16.5. The van der Waals surface area contributed by atoms with Crippen molar-refractivity contribution in [3.8, 4) is 0 Å². The van der Waals surface area contributed by atoms with E-state index in [0.717, 1.165) is 0 Å². The zero-order valence-corrected chi connectivity index (χ0v) is 10.8. The van der Waals surface area contributed by atoms with E-state index in [1.54, 1.807) is 0 Å². The molecular weight excluding hydrogens is 264 g/mol. The van der Waals surface area contributed by atoms with E-state index in [4.69, 9.17) is 10.5 Å². The summed E-state index contributed by atoms with van der Waals surface area (Å²) in [7, 11) is 0. The summed E-state index contributed by atoms with van der Waals surface area (Å²) in [6.07, 6.45) is 3.45. The first-order chi connectivity index (χ1) is 9.55. The fourth-order valence-electron chi connectivity index (χ4n) is 2.09.